The number of hydrogen-bond donors (Lipinski definition) is 1. The first-order valence-electron chi connectivity index (χ1n) is 10.8. The molecule has 0 aliphatic heterocycles. The number of aromatic nitrogens is 1. The number of aryl methyl sites for hydroxylation is 1. The van der Waals surface area contributed by atoms with Gasteiger partial charge >= 0.3 is 0 Å². The van der Waals surface area contributed by atoms with Crippen LogP contribution in [0.15, 0.2) is 77.7 Å². The molecule has 0 bridgehead atoms. The van der Waals surface area contributed by atoms with Gasteiger partial charge in [-0.05, 0) is 68.4 Å². The number of sulfone groups is 1. The van der Waals surface area contributed by atoms with Crippen molar-refractivity contribution in [3.05, 3.63) is 95.6 Å². The normalized spacial score (nSPS) is 11.3. The zero-order valence-corrected chi connectivity index (χ0v) is 20.6. The van der Waals surface area contributed by atoms with Crippen molar-refractivity contribution < 1.29 is 22.3 Å². The number of rotatable bonds is 6. The molecule has 180 valence electrons. The lowest BCUT2D eigenvalue weighted by molar-refractivity contribution is 0.102. The second-order valence-corrected chi connectivity index (χ2v) is 10.2. The molecule has 0 saturated heterocycles. The molecule has 0 aliphatic rings. The third kappa shape index (κ3) is 4.83. The summed E-state index contributed by atoms with van der Waals surface area (Å²) in [4.78, 5) is 13.3. The standard InChI is InChI=1S/C27H25FN2O4S/c1-17-15-23(27(31)29-19-9-12-21(13-10-19)35(4,32)33)18(2)30(17)26-8-6-5-7-22(26)24-16-20(34-3)11-14-25(24)28/h5-16H,1-4H3,(H,29,31). The van der Waals surface area contributed by atoms with Crippen molar-refractivity contribution in [2.45, 2.75) is 18.7 Å². The van der Waals surface area contributed by atoms with Gasteiger partial charge in [0.2, 0.25) is 0 Å². The maximum absolute atomic E-state index is 14.8. The Morgan fingerprint density at radius 3 is 2.29 bits per heavy atom. The highest BCUT2D eigenvalue weighted by atomic mass is 32.2. The number of carbonyl (C=O) groups excluding carboxylic acids is 1. The fraction of sp³-hybridized carbons (Fsp3) is 0.148. The van der Waals surface area contributed by atoms with Crippen molar-refractivity contribution >= 4 is 21.4 Å². The highest BCUT2D eigenvalue weighted by Gasteiger charge is 2.20. The molecule has 0 spiro atoms. The Morgan fingerprint density at radius 2 is 1.63 bits per heavy atom. The van der Waals surface area contributed by atoms with Crippen LogP contribution in [0.25, 0.3) is 16.8 Å². The first kappa shape index (κ1) is 24.2. The summed E-state index contributed by atoms with van der Waals surface area (Å²) in [6.45, 7) is 3.71. The zero-order chi connectivity index (χ0) is 25.3. The predicted octanol–water partition coefficient (Wildman–Crippen LogP) is 5.56. The summed E-state index contributed by atoms with van der Waals surface area (Å²) < 4.78 is 45.3. The number of benzene rings is 3. The summed E-state index contributed by atoms with van der Waals surface area (Å²) in [6, 6.07) is 19.8. The molecule has 0 unspecified atom stereocenters. The Labute approximate surface area is 203 Å². The number of anilines is 1. The van der Waals surface area contributed by atoms with E-state index in [2.05, 4.69) is 5.32 Å². The molecular weight excluding hydrogens is 467 g/mol. The summed E-state index contributed by atoms with van der Waals surface area (Å²) in [5, 5.41) is 2.82. The first-order valence-corrected chi connectivity index (χ1v) is 12.7. The number of para-hydroxylation sites is 1. The molecule has 0 fully saturated rings. The van der Waals surface area contributed by atoms with Gasteiger partial charge in [-0.15, -0.1) is 0 Å². The maximum atomic E-state index is 14.8. The van der Waals surface area contributed by atoms with E-state index < -0.39 is 9.84 Å². The SMILES string of the molecule is COc1ccc(F)c(-c2ccccc2-n2c(C)cc(C(=O)Nc3ccc(S(C)(=O)=O)cc3)c2C)c1. The third-order valence-corrected chi connectivity index (χ3v) is 6.95. The van der Waals surface area contributed by atoms with Gasteiger partial charge in [0.1, 0.15) is 11.6 Å². The number of carbonyl (C=O) groups is 1. The van der Waals surface area contributed by atoms with Crippen molar-refractivity contribution in [1.29, 1.82) is 0 Å². The summed E-state index contributed by atoms with van der Waals surface area (Å²) in [6.07, 6.45) is 1.13. The van der Waals surface area contributed by atoms with E-state index in [-0.39, 0.29) is 16.6 Å². The van der Waals surface area contributed by atoms with Crippen LogP contribution in [0.5, 0.6) is 5.75 Å². The summed E-state index contributed by atoms with van der Waals surface area (Å²) in [7, 11) is -1.79. The molecule has 35 heavy (non-hydrogen) atoms. The number of nitrogens with one attached hydrogen (secondary N) is 1. The summed E-state index contributed by atoms with van der Waals surface area (Å²) >= 11 is 0. The lowest BCUT2D eigenvalue weighted by Crippen LogP contribution is -2.13. The van der Waals surface area contributed by atoms with E-state index >= 15 is 0 Å². The smallest absolute Gasteiger partial charge is 0.257 e. The van der Waals surface area contributed by atoms with Crippen LogP contribution in [0, 0.1) is 19.7 Å². The molecule has 8 heteroatoms. The summed E-state index contributed by atoms with van der Waals surface area (Å²) in [5.41, 5.74) is 4.20. The lowest BCUT2D eigenvalue weighted by atomic mass is 10.0. The number of hydrogen-bond acceptors (Lipinski definition) is 4. The van der Waals surface area contributed by atoms with Crippen LogP contribution in [0.1, 0.15) is 21.7 Å². The quantitative estimate of drug-likeness (QED) is 0.382. The van der Waals surface area contributed by atoms with Gasteiger partial charge in [0.25, 0.3) is 5.91 Å². The predicted molar refractivity (Wildman–Crippen MR) is 135 cm³/mol. The first-order chi connectivity index (χ1) is 16.6. The maximum Gasteiger partial charge on any atom is 0.257 e. The molecule has 4 rings (SSSR count). The topological polar surface area (TPSA) is 77.4 Å². The van der Waals surface area contributed by atoms with Crippen LogP contribution in [0.3, 0.4) is 0 Å². The Balaban J connectivity index is 1.72. The van der Waals surface area contributed by atoms with Gasteiger partial charge in [0.15, 0.2) is 9.84 Å². The van der Waals surface area contributed by atoms with Crippen molar-refractivity contribution in [1.82, 2.24) is 4.57 Å². The Morgan fingerprint density at radius 1 is 0.943 bits per heavy atom. The number of nitrogens with zero attached hydrogens (tertiary/aromatic N) is 1. The van der Waals surface area contributed by atoms with E-state index in [4.69, 9.17) is 4.74 Å². The highest BCUT2D eigenvalue weighted by Crippen LogP contribution is 2.34. The average molecular weight is 493 g/mol. The third-order valence-electron chi connectivity index (χ3n) is 5.82. The number of methoxy groups -OCH3 is 1. The minimum atomic E-state index is -3.33. The minimum absolute atomic E-state index is 0.176. The van der Waals surface area contributed by atoms with Crippen LogP contribution < -0.4 is 10.1 Å². The molecule has 0 atom stereocenters. The van der Waals surface area contributed by atoms with Crippen molar-refractivity contribution in [2.24, 2.45) is 0 Å². The van der Waals surface area contributed by atoms with Gasteiger partial charge in [-0.1, -0.05) is 18.2 Å². The second-order valence-electron chi connectivity index (χ2n) is 8.23. The molecule has 1 aromatic heterocycles. The number of ether oxygens (including phenoxy) is 1. The second kappa shape index (κ2) is 9.38. The van der Waals surface area contributed by atoms with Gasteiger partial charge in [-0.2, -0.15) is 0 Å². The Kier molecular flexibility index (Phi) is 6.49. The average Bonchev–Trinajstić information content (AvgIpc) is 3.13. The molecule has 1 amide bonds. The molecule has 4 aromatic rings. The van der Waals surface area contributed by atoms with E-state index in [0.29, 0.717) is 33.8 Å². The molecular formula is C27H25FN2O4S. The molecule has 0 radical (unpaired) electrons. The molecule has 0 saturated carbocycles. The van der Waals surface area contributed by atoms with E-state index in [1.807, 2.05) is 42.7 Å². The van der Waals surface area contributed by atoms with E-state index in [9.17, 15) is 17.6 Å². The van der Waals surface area contributed by atoms with E-state index in [0.717, 1.165) is 17.6 Å². The lowest BCUT2D eigenvalue weighted by Gasteiger charge is -2.16. The van der Waals surface area contributed by atoms with Gasteiger partial charge < -0.3 is 14.6 Å². The molecule has 3 aromatic carbocycles. The molecule has 0 aliphatic carbocycles. The van der Waals surface area contributed by atoms with Gasteiger partial charge in [-0.3, -0.25) is 4.79 Å². The fourth-order valence-corrected chi connectivity index (χ4v) is 4.71. The van der Waals surface area contributed by atoms with Gasteiger partial charge in [-0.25, -0.2) is 12.8 Å². The van der Waals surface area contributed by atoms with Crippen LogP contribution >= 0.6 is 0 Å². The summed E-state index contributed by atoms with van der Waals surface area (Å²) in [5.74, 6) is -0.170. The van der Waals surface area contributed by atoms with Gasteiger partial charge in [0.05, 0.1) is 23.3 Å². The molecule has 1 heterocycles. The number of amides is 1. The minimum Gasteiger partial charge on any atom is -0.497 e. The molecule has 6 nitrogen and oxygen atoms in total. The van der Waals surface area contributed by atoms with Crippen LogP contribution in [0.2, 0.25) is 0 Å². The van der Waals surface area contributed by atoms with E-state index in [1.54, 1.807) is 30.3 Å². The van der Waals surface area contributed by atoms with Crippen molar-refractivity contribution in [3.8, 4) is 22.6 Å². The number of halogens is 1. The van der Waals surface area contributed by atoms with Crippen LogP contribution in [0.4, 0.5) is 10.1 Å². The molecule has 1 N–H and O–H groups in total. The zero-order valence-electron chi connectivity index (χ0n) is 19.8. The van der Waals surface area contributed by atoms with Crippen molar-refractivity contribution in [2.75, 3.05) is 18.7 Å². The van der Waals surface area contributed by atoms with E-state index in [1.165, 1.54) is 25.3 Å². The van der Waals surface area contributed by atoms with Crippen molar-refractivity contribution in [3.63, 3.8) is 0 Å². The van der Waals surface area contributed by atoms with Crippen LogP contribution in [-0.4, -0.2) is 32.3 Å². The Hall–Kier alpha value is -3.91. The van der Waals surface area contributed by atoms with Gasteiger partial charge in [0, 0.05) is 34.5 Å². The largest absolute Gasteiger partial charge is 0.497 e. The monoisotopic (exact) mass is 492 g/mol. The fourth-order valence-electron chi connectivity index (χ4n) is 4.08. The Bertz CT molecular complexity index is 1520. The highest BCUT2D eigenvalue weighted by molar-refractivity contribution is 7.90. The van der Waals surface area contributed by atoms with Crippen LogP contribution in [-0.2, 0) is 9.84 Å².